The lowest BCUT2D eigenvalue weighted by molar-refractivity contribution is -0.0525. The van der Waals surface area contributed by atoms with Crippen molar-refractivity contribution in [1.29, 1.82) is 0 Å². The molecular weight excluding hydrogens is 470 g/mol. The number of nitrogens with one attached hydrogen (secondary N) is 1. The SMILES string of the molecule is C.FC1(F)CCC(N2CC3CC3C2)CC1.Nc1ncc(-c2ccccc2)cc1C(=O)NC1CCCCC1. The number of piperidine rings is 1. The first kappa shape index (κ1) is 27.5. The number of pyridine rings is 1. The van der Waals surface area contributed by atoms with Gasteiger partial charge in [0.25, 0.3) is 5.91 Å². The van der Waals surface area contributed by atoms with Crippen LogP contribution in [0.15, 0.2) is 42.6 Å². The smallest absolute Gasteiger partial charge is 0.255 e. The van der Waals surface area contributed by atoms with Gasteiger partial charge >= 0.3 is 0 Å². The number of carbonyl (C=O) groups is 1. The number of halogens is 2. The Morgan fingerprint density at radius 3 is 2.27 bits per heavy atom. The molecule has 2 atom stereocenters. The van der Waals surface area contributed by atoms with Crippen LogP contribution >= 0.6 is 0 Å². The van der Waals surface area contributed by atoms with Crippen molar-refractivity contribution in [3.05, 3.63) is 48.2 Å². The molecule has 6 rings (SSSR count). The number of benzene rings is 1. The summed E-state index contributed by atoms with van der Waals surface area (Å²) < 4.78 is 25.9. The summed E-state index contributed by atoms with van der Waals surface area (Å²) in [6.07, 6.45) is 10.5. The molecule has 202 valence electrons. The Hall–Kier alpha value is -2.54. The first-order chi connectivity index (χ1) is 17.4. The van der Waals surface area contributed by atoms with Gasteiger partial charge in [-0.1, -0.05) is 57.0 Å². The van der Waals surface area contributed by atoms with Gasteiger partial charge in [0.1, 0.15) is 5.82 Å². The summed E-state index contributed by atoms with van der Waals surface area (Å²) >= 11 is 0. The minimum Gasteiger partial charge on any atom is -0.383 e. The molecule has 1 saturated heterocycles. The maximum absolute atomic E-state index is 12.9. The zero-order chi connectivity index (χ0) is 25.1. The highest BCUT2D eigenvalue weighted by Gasteiger charge is 2.48. The summed E-state index contributed by atoms with van der Waals surface area (Å²) in [7, 11) is 0. The summed E-state index contributed by atoms with van der Waals surface area (Å²) in [6, 6.07) is 12.5. The van der Waals surface area contributed by atoms with Crippen molar-refractivity contribution in [3.63, 3.8) is 0 Å². The second kappa shape index (κ2) is 11.9. The van der Waals surface area contributed by atoms with Gasteiger partial charge < -0.3 is 11.1 Å². The van der Waals surface area contributed by atoms with E-state index in [9.17, 15) is 13.6 Å². The molecule has 1 aliphatic heterocycles. The van der Waals surface area contributed by atoms with E-state index >= 15 is 0 Å². The number of nitrogens with two attached hydrogens (primary N) is 1. The molecule has 3 N–H and O–H groups in total. The van der Waals surface area contributed by atoms with Crippen molar-refractivity contribution in [2.45, 2.75) is 89.6 Å². The van der Waals surface area contributed by atoms with Crippen molar-refractivity contribution >= 4 is 11.7 Å². The van der Waals surface area contributed by atoms with Crippen LogP contribution in [0.3, 0.4) is 0 Å². The number of nitrogens with zero attached hydrogens (tertiary/aromatic N) is 2. The molecule has 0 spiro atoms. The fourth-order valence-electron chi connectivity index (χ4n) is 6.08. The van der Waals surface area contributed by atoms with Gasteiger partial charge in [-0.15, -0.1) is 0 Å². The molecule has 37 heavy (non-hydrogen) atoms. The highest BCUT2D eigenvalue weighted by atomic mass is 19.3. The number of carbonyl (C=O) groups excluding carboxylic acids is 1. The number of alkyl halides is 2. The van der Waals surface area contributed by atoms with E-state index in [1.165, 1.54) is 38.8 Å². The molecule has 2 unspecified atom stereocenters. The monoisotopic (exact) mass is 512 g/mol. The summed E-state index contributed by atoms with van der Waals surface area (Å²) in [6.45, 7) is 2.39. The molecule has 1 aromatic carbocycles. The number of rotatable bonds is 4. The largest absolute Gasteiger partial charge is 0.383 e. The predicted molar refractivity (Wildman–Crippen MR) is 146 cm³/mol. The molecule has 0 bridgehead atoms. The lowest BCUT2D eigenvalue weighted by Crippen LogP contribution is -2.40. The summed E-state index contributed by atoms with van der Waals surface area (Å²) in [5.74, 6) is -0.336. The molecule has 2 aromatic rings. The van der Waals surface area contributed by atoms with E-state index in [0.717, 1.165) is 35.8 Å². The highest BCUT2D eigenvalue weighted by molar-refractivity contribution is 5.99. The number of amides is 1. The Labute approximate surface area is 220 Å². The Morgan fingerprint density at radius 2 is 1.62 bits per heavy atom. The van der Waals surface area contributed by atoms with E-state index < -0.39 is 5.92 Å². The normalized spacial score (nSPS) is 25.2. The number of nitrogen functional groups attached to an aromatic ring is 1. The number of hydrogen-bond acceptors (Lipinski definition) is 4. The number of aromatic nitrogens is 1. The Kier molecular flexibility index (Phi) is 8.83. The first-order valence-corrected chi connectivity index (χ1v) is 13.6. The maximum atomic E-state index is 12.9. The Bertz CT molecular complexity index is 1020. The van der Waals surface area contributed by atoms with Gasteiger partial charge in [0.05, 0.1) is 5.56 Å². The quantitative estimate of drug-likeness (QED) is 0.488. The first-order valence-electron chi connectivity index (χ1n) is 13.6. The van der Waals surface area contributed by atoms with Crippen LogP contribution in [0.25, 0.3) is 11.1 Å². The molecule has 1 aromatic heterocycles. The lowest BCUT2D eigenvalue weighted by Gasteiger charge is -2.35. The lowest BCUT2D eigenvalue weighted by atomic mass is 9.91. The fraction of sp³-hybridized carbons (Fsp3) is 0.600. The van der Waals surface area contributed by atoms with Crippen LogP contribution in [0.5, 0.6) is 0 Å². The van der Waals surface area contributed by atoms with Gasteiger partial charge in [0.15, 0.2) is 0 Å². The van der Waals surface area contributed by atoms with Crippen LogP contribution in [0, 0.1) is 11.8 Å². The van der Waals surface area contributed by atoms with E-state index in [4.69, 9.17) is 5.73 Å². The van der Waals surface area contributed by atoms with Crippen molar-refractivity contribution < 1.29 is 13.6 Å². The van der Waals surface area contributed by atoms with Crippen molar-refractivity contribution in [2.75, 3.05) is 18.8 Å². The van der Waals surface area contributed by atoms with Crippen LogP contribution in [0.1, 0.15) is 82.0 Å². The predicted octanol–water partition coefficient (Wildman–Crippen LogP) is 6.55. The number of fused-ring (bicyclic) bond motifs is 1. The van der Waals surface area contributed by atoms with Gasteiger partial charge in [-0.05, 0) is 55.6 Å². The van der Waals surface area contributed by atoms with Gasteiger partial charge in [0.2, 0.25) is 5.92 Å². The average molecular weight is 513 g/mol. The van der Waals surface area contributed by atoms with Gasteiger partial charge in [-0.25, -0.2) is 13.8 Å². The van der Waals surface area contributed by atoms with Crippen LogP contribution < -0.4 is 11.1 Å². The third-order valence-electron chi connectivity index (χ3n) is 8.42. The van der Waals surface area contributed by atoms with E-state index in [2.05, 4.69) is 15.2 Å². The van der Waals surface area contributed by atoms with Crippen LogP contribution in [0.2, 0.25) is 0 Å². The van der Waals surface area contributed by atoms with Crippen LogP contribution in [-0.2, 0) is 0 Å². The van der Waals surface area contributed by atoms with Gasteiger partial charge in [0, 0.05) is 49.8 Å². The molecule has 0 radical (unpaired) electrons. The van der Waals surface area contributed by atoms with Crippen LogP contribution in [-0.4, -0.2) is 46.9 Å². The van der Waals surface area contributed by atoms with E-state index in [0.29, 0.717) is 24.4 Å². The molecule has 3 saturated carbocycles. The van der Waals surface area contributed by atoms with Crippen molar-refractivity contribution in [1.82, 2.24) is 15.2 Å². The van der Waals surface area contributed by atoms with E-state index in [1.54, 1.807) is 6.20 Å². The Balaban J connectivity index is 0.000000184. The van der Waals surface area contributed by atoms with Gasteiger partial charge in [-0.2, -0.15) is 0 Å². The second-order valence-corrected chi connectivity index (χ2v) is 11.1. The third kappa shape index (κ3) is 7.07. The molecule has 5 nitrogen and oxygen atoms in total. The zero-order valence-corrected chi connectivity index (χ0v) is 21.0. The Morgan fingerprint density at radius 1 is 0.973 bits per heavy atom. The maximum Gasteiger partial charge on any atom is 0.255 e. The minimum atomic E-state index is -2.36. The fourth-order valence-corrected chi connectivity index (χ4v) is 6.08. The standard InChI is InChI=1S/C18H21N3O.C11H17F2N.CH4/c19-17-16(18(22)21-15-9-5-2-6-10-15)11-14(12-20-17)13-7-3-1-4-8-13;12-11(13)3-1-10(2-4-11)14-6-8-5-9(8)7-14;/h1,3-4,7-8,11-12,15H,2,5-6,9-10H2,(H2,19,20)(H,21,22);8-10H,1-7H2;1H4. The number of likely N-dealkylation sites (tertiary alicyclic amines) is 1. The van der Waals surface area contributed by atoms with Crippen LogP contribution in [0.4, 0.5) is 14.6 Å². The van der Waals surface area contributed by atoms with E-state index in [-0.39, 0.29) is 38.0 Å². The molecular formula is C30H42F2N4O. The summed E-state index contributed by atoms with van der Waals surface area (Å²) in [5, 5.41) is 3.10. The minimum absolute atomic E-state index is 0. The summed E-state index contributed by atoms with van der Waals surface area (Å²) in [4.78, 5) is 19.1. The third-order valence-corrected chi connectivity index (χ3v) is 8.42. The van der Waals surface area contributed by atoms with Gasteiger partial charge in [-0.3, -0.25) is 9.69 Å². The summed E-state index contributed by atoms with van der Waals surface area (Å²) in [5.41, 5.74) is 8.30. The molecule has 3 aliphatic carbocycles. The topological polar surface area (TPSA) is 71.2 Å². The molecule has 4 aliphatic rings. The molecule has 2 heterocycles. The second-order valence-electron chi connectivity index (χ2n) is 11.1. The molecule has 7 heteroatoms. The molecule has 1 amide bonds. The number of anilines is 1. The van der Waals surface area contributed by atoms with Crippen molar-refractivity contribution in [3.8, 4) is 11.1 Å². The average Bonchev–Trinajstić information content (AvgIpc) is 3.50. The van der Waals surface area contributed by atoms with E-state index in [1.807, 2.05) is 36.4 Å². The molecule has 4 fully saturated rings. The zero-order valence-electron chi connectivity index (χ0n) is 21.0. The highest BCUT2D eigenvalue weighted by Crippen LogP contribution is 2.47. The van der Waals surface area contributed by atoms with Crippen molar-refractivity contribution in [2.24, 2.45) is 11.8 Å². The number of hydrogen-bond donors (Lipinski definition) is 2.